The molecule has 0 saturated carbocycles. The highest BCUT2D eigenvalue weighted by Crippen LogP contribution is 2.25. The van der Waals surface area contributed by atoms with Gasteiger partial charge in [-0.05, 0) is 30.2 Å². The predicted molar refractivity (Wildman–Crippen MR) is 72.9 cm³/mol. The third-order valence-corrected chi connectivity index (χ3v) is 3.02. The number of rotatable bonds is 4. The van der Waals surface area contributed by atoms with E-state index in [1.165, 1.54) is 0 Å². The lowest BCUT2D eigenvalue weighted by Crippen LogP contribution is -2.14. The number of nitrogens with two attached hydrogens (primary N) is 1. The zero-order valence-electron chi connectivity index (χ0n) is 10.1. The molecule has 0 aliphatic rings. The van der Waals surface area contributed by atoms with Crippen LogP contribution in [0.4, 0.5) is 0 Å². The minimum atomic E-state index is -0.138. The molecule has 4 heteroatoms. The second-order valence-electron chi connectivity index (χ2n) is 4.06. The van der Waals surface area contributed by atoms with Crippen LogP contribution in [-0.4, -0.2) is 12.1 Å². The van der Waals surface area contributed by atoms with Crippen molar-refractivity contribution >= 4 is 11.6 Å². The van der Waals surface area contributed by atoms with Gasteiger partial charge in [0.15, 0.2) is 0 Å². The minimum Gasteiger partial charge on any atom is -0.495 e. The van der Waals surface area contributed by atoms with Gasteiger partial charge in [0, 0.05) is 22.8 Å². The average Bonchev–Trinajstić information content (AvgIpc) is 2.38. The number of pyridine rings is 1. The van der Waals surface area contributed by atoms with E-state index < -0.39 is 0 Å². The van der Waals surface area contributed by atoms with E-state index in [0.717, 1.165) is 16.1 Å². The lowest BCUT2D eigenvalue weighted by atomic mass is 10.00. The van der Waals surface area contributed by atoms with Crippen molar-refractivity contribution in [2.75, 3.05) is 7.11 Å². The summed E-state index contributed by atoms with van der Waals surface area (Å²) < 4.78 is 5.26. The topological polar surface area (TPSA) is 48.1 Å². The first kappa shape index (κ1) is 12.9. The molecule has 0 spiro atoms. The monoisotopic (exact) mass is 262 g/mol. The number of aromatic nitrogens is 1. The van der Waals surface area contributed by atoms with Crippen molar-refractivity contribution in [1.29, 1.82) is 0 Å². The van der Waals surface area contributed by atoms with Crippen LogP contribution in [0.1, 0.15) is 17.2 Å². The largest absolute Gasteiger partial charge is 0.495 e. The first-order valence-electron chi connectivity index (χ1n) is 5.68. The normalized spacial score (nSPS) is 12.2. The zero-order chi connectivity index (χ0) is 13.0. The summed E-state index contributed by atoms with van der Waals surface area (Å²) in [6, 6.07) is 9.46. The van der Waals surface area contributed by atoms with Crippen molar-refractivity contribution in [2.24, 2.45) is 5.73 Å². The van der Waals surface area contributed by atoms with Crippen LogP contribution in [0.3, 0.4) is 0 Å². The Hall–Kier alpha value is -1.58. The van der Waals surface area contributed by atoms with Gasteiger partial charge in [-0.15, -0.1) is 0 Å². The van der Waals surface area contributed by atoms with Crippen molar-refractivity contribution in [3.8, 4) is 5.75 Å². The molecule has 0 amide bonds. The van der Waals surface area contributed by atoms with E-state index >= 15 is 0 Å². The molecule has 2 aromatic rings. The van der Waals surface area contributed by atoms with Crippen molar-refractivity contribution in [1.82, 2.24) is 4.98 Å². The van der Waals surface area contributed by atoms with Crippen molar-refractivity contribution in [2.45, 2.75) is 12.5 Å². The quantitative estimate of drug-likeness (QED) is 0.922. The summed E-state index contributed by atoms with van der Waals surface area (Å²) in [5.74, 6) is 0.715. The molecule has 0 aliphatic carbocycles. The van der Waals surface area contributed by atoms with Gasteiger partial charge < -0.3 is 10.5 Å². The summed E-state index contributed by atoms with van der Waals surface area (Å²) in [6.07, 6.45) is 4.10. The number of hydrogen-bond donors (Lipinski definition) is 1. The smallest absolute Gasteiger partial charge is 0.141 e. The molecule has 1 aromatic heterocycles. The Balaban J connectivity index is 2.19. The van der Waals surface area contributed by atoms with E-state index in [4.69, 9.17) is 22.1 Å². The van der Waals surface area contributed by atoms with Crippen LogP contribution in [0.25, 0.3) is 0 Å². The van der Waals surface area contributed by atoms with E-state index in [0.29, 0.717) is 12.2 Å². The molecule has 3 nitrogen and oxygen atoms in total. The standard InChI is InChI=1S/C14H15ClN2O/c1-18-14-9-17-6-5-12(14)13(16)8-10-3-2-4-11(15)7-10/h2-7,9,13H,8,16H2,1H3. The summed E-state index contributed by atoms with van der Waals surface area (Å²) in [4.78, 5) is 4.02. The van der Waals surface area contributed by atoms with Gasteiger partial charge in [-0.1, -0.05) is 23.7 Å². The van der Waals surface area contributed by atoms with Crippen LogP contribution >= 0.6 is 11.6 Å². The van der Waals surface area contributed by atoms with Gasteiger partial charge in [0.05, 0.1) is 13.3 Å². The second-order valence-corrected chi connectivity index (χ2v) is 4.49. The van der Waals surface area contributed by atoms with Crippen LogP contribution in [0, 0.1) is 0 Å². The summed E-state index contributed by atoms with van der Waals surface area (Å²) >= 11 is 5.96. The molecule has 0 aliphatic heterocycles. The summed E-state index contributed by atoms with van der Waals surface area (Å²) in [5.41, 5.74) is 8.26. The molecule has 1 unspecified atom stereocenters. The summed E-state index contributed by atoms with van der Waals surface area (Å²) in [6.45, 7) is 0. The molecule has 0 saturated heterocycles. The van der Waals surface area contributed by atoms with E-state index in [1.807, 2.05) is 30.3 Å². The maximum Gasteiger partial charge on any atom is 0.141 e. The van der Waals surface area contributed by atoms with Gasteiger partial charge in [0.2, 0.25) is 0 Å². The second kappa shape index (κ2) is 5.85. The van der Waals surface area contributed by atoms with Crippen molar-refractivity contribution < 1.29 is 4.74 Å². The Morgan fingerprint density at radius 3 is 2.94 bits per heavy atom. The Labute approximate surface area is 112 Å². The fourth-order valence-corrected chi connectivity index (χ4v) is 2.11. The maximum absolute atomic E-state index is 6.20. The van der Waals surface area contributed by atoms with Gasteiger partial charge in [-0.2, -0.15) is 0 Å². The molecule has 18 heavy (non-hydrogen) atoms. The first-order chi connectivity index (χ1) is 8.70. The number of methoxy groups -OCH3 is 1. The van der Waals surface area contributed by atoms with Gasteiger partial charge in [-0.25, -0.2) is 0 Å². The molecule has 2 rings (SSSR count). The molecule has 2 N–H and O–H groups in total. The average molecular weight is 263 g/mol. The highest BCUT2D eigenvalue weighted by molar-refractivity contribution is 6.30. The van der Waals surface area contributed by atoms with E-state index in [2.05, 4.69) is 4.98 Å². The highest BCUT2D eigenvalue weighted by Gasteiger charge is 2.12. The lowest BCUT2D eigenvalue weighted by molar-refractivity contribution is 0.403. The Kier molecular flexibility index (Phi) is 4.18. The maximum atomic E-state index is 6.20. The van der Waals surface area contributed by atoms with Crippen LogP contribution in [0.5, 0.6) is 5.75 Å². The molecule has 0 bridgehead atoms. The zero-order valence-corrected chi connectivity index (χ0v) is 10.9. The SMILES string of the molecule is COc1cnccc1C(N)Cc1cccc(Cl)c1. The van der Waals surface area contributed by atoms with Gasteiger partial charge in [-0.3, -0.25) is 4.98 Å². The molecule has 0 radical (unpaired) electrons. The summed E-state index contributed by atoms with van der Waals surface area (Å²) in [5, 5.41) is 0.724. The molecule has 94 valence electrons. The molecular formula is C14H15ClN2O. The minimum absolute atomic E-state index is 0.138. The van der Waals surface area contributed by atoms with E-state index in [-0.39, 0.29) is 6.04 Å². The fraction of sp³-hybridized carbons (Fsp3) is 0.214. The Morgan fingerprint density at radius 1 is 1.39 bits per heavy atom. The van der Waals surface area contributed by atoms with Crippen LogP contribution in [0.2, 0.25) is 5.02 Å². The Bertz CT molecular complexity index is 531. The first-order valence-corrected chi connectivity index (χ1v) is 6.06. The lowest BCUT2D eigenvalue weighted by Gasteiger charge is -2.15. The number of hydrogen-bond acceptors (Lipinski definition) is 3. The number of nitrogens with zero attached hydrogens (tertiary/aromatic N) is 1. The van der Waals surface area contributed by atoms with Crippen LogP contribution in [0.15, 0.2) is 42.7 Å². The fourth-order valence-electron chi connectivity index (χ4n) is 1.90. The molecule has 0 fully saturated rings. The molecule has 1 atom stereocenters. The van der Waals surface area contributed by atoms with Crippen LogP contribution in [-0.2, 0) is 6.42 Å². The molecular weight excluding hydrogens is 248 g/mol. The predicted octanol–water partition coefficient (Wildman–Crippen LogP) is 2.99. The third-order valence-electron chi connectivity index (χ3n) is 2.78. The van der Waals surface area contributed by atoms with Gasteiger partial charge in [0.25, 0.3) is 0 Å². The number of ether oxygens (including phenoxy) is 1. The van der Waals surface area contributed by atoms with Crippen molar-refractivity contribution in [3.05, 3.63) is 58.9 Å². The van der Waals surface area contributed by atoms with Gasteiger partial charge in [0.1, 0.15) is 5.75 Å². The van der Waals surface area contributed by atoms with Gasteiger partial charge >= 0.3 is 0 Å². The van der Waals surface area contributed by atoms with Crippen molar-refractivity contribution in [3.63, 3.8) is 0 Å². The summed E-state index contributed by atoms with van der Waals surface area (Å²) in [7, 11) is 1.62. The number of benzene rings is 1. The number of halogens is 1. The Morgan fingerprint density at radius 2 is 2.22 bits per heavy atom. The van der Waals surface area contributed by atoms with Crippen LogP contribution < -0.4 is 10.5 Å². The third kappa shape index (κ3) is 3.00. The van der Waals surface area contributed by atoms with E-state index in [1.54, 1.807) is 19.5 Å². The highest BCUT2D eigenvalue weighted by atomic mass is 35.5. The molecule has 1 aromatic carbocycles. The molecule has 1 heterocycles. The van der Waals surface area contributed by atoms with E-state index in [9.17, 15) is 0 Å².